The summed E-state index contributed by atoms with van der Waals surface area (Å²) in [6, 6.07) is 0. The molecule has 0 bridgehead atoms. The minimum absolute atomic E-state index is 0. The van der Waals surface area contributed by atoms with Crippen LogP contribution in [0.3, 0.4) is 0 Å². The van der Waals surface area contributed by atoms with Crippen molar-refractivity contribution in [1.82, 2.24) is 0 Å². The number of rotatable bonds is 4. The Kier molecular flexibility index (Phi) is 8.38. The van der Waals surface area contributed by atoms with Crippen molar-refractivity contribution < 1.29 is 22.4 Å². The van der Waals surface area contributed by atoms with E-state index in [2.05, 4.69) is 83.1 Å². The van der Waals surface area contributed by atoms with Gasteiger partial charge in [0.05, 0.1) is 0 Å². The fraction of sp³-hybridized carbons (Fsp3) is 0.409. The van der Waals surface area contributed by atoms with E-state index in [1.165, 1.54) is 0 Å². The second-order valence-electron chi connectivity index (χ2n) is 9.12. The molecule has 4 rings (SSSR count). The Morgan fingerprint density at radius 2 is 1.76 bits per heavy atom. The Morgan fingerprint density at radius 3 is 2.28 bits per heavy atom. The average Bonchev–Trinajstić information content (AvgIpc) is 3.27. The minimum Gasteiger partial charge on any atom is -0.147 e. The second-order valence-corrected chi connectivity index (χ2v) is 32.0. The molecule has 0 saturated carbocycles. The van der Waals surface area contributed by atoms with Crippen LogP contribution in [0.2, 0.25) is 32.7 Å². The van der Waals surface area contributed by atoms with Crippen LogP contribution in [0.1, 0.15) is 25.1 Å². The number of aryl methyl sites for hydroxylation is 1. The van der Waals surface area contributed by atoms with Crippen LogP contribution in [0.15, 0.2) is 33.6 Å². The Balaban J connectivity index is 0.00000150. The normalized spacial score (nSPS) is 20.1. The van der Waals surface area contributed by atoms with Crippen LogP contribution in [0.25, 0.3) is 8.85 Å². The molecule has 1 unspecified atom stereocenters. The maximum atomic E-state index is 2.59. The summed E-state index contributed by atoms with van der Waals surface area (Å²) in [5.41, 5.74) is 3.31. The molecule has 2 aliphatic carbocycles. The molecule has 0 saturated heterocycles. The molecular formula is C22H32Cl2S2Si2Zr. The number of hydrogen-bond acceptors (Lipinski definition) is 1. The van der Waals surface area contributed by atoms with Crippen molar-refractivity contribution in [1.29, 1.82) is 0 Å². The zero-order valence-corrected chi connectivity index (χ0v) is 26.5. The fourth-order valence-corrected chi connectivity index (χ4v) is 22.4. The van der Waals surface area contributed by atoms with Crippen LogP contribution in [0.4, 0.5) is 0 Å². The summed E-state index contributed by atoms with van der Waals surface area (Å²) in [6.45, 7) is 20.1. The van der Waals surface area contributed by atoms with Crippen LogP contribution < -0.4 is 14.9 Å². The molecule has 0 radical (unpaired) electrons. The molecule has 1 aromatic heterocycles. The summed E-state index contributed by atoms with van der Waals surface area (Å²) < 4.78 is 3.65. The van der Waals surface area contributed by atoms with Crippen molar-refractivity contribution in [3.63, 3.8) is 0 Å². The summed E-state index contributed by atoms with van der Waals surface area (Å²) in [7, 11) is -1.14. The van der Waals surface area contributed by atoms with E-state index in [-0.39, 0.29) is 35.3 Å². The molecule has 0 aromatic carbocycles. The molecule has 0 fully saturated rings. The quantitative estimate of drug-likeness (QED) is 0.333. The smallest absolute Gasteiger partial charge is 0.147 e. The third-order valence-corrected chi connectivity index (χ3v) is 21.0. The molecular weight excluding hydrogens is 547 g/mol. The molecule has 3 aliphatic rings. The summed E-state index contributed by atoms with van der Waals surface area (Å²) in [5, 5.41) is 3.49. The van der Waals surface area contributed by atoms with Gasteiger partial charge in [0.2, 0.25) is 0 Å². The Hall–Kier alpha value is 0.777. The Bertz CT molecular complexity index is 1110. The van der Waals surface area contributed by atoms with E-state index < -0.39 is 36.4 Å². The monoisotopic (exact) mass is 576 g/mol. The molecule has 7 heteroatoms. The van der Waals surface area contributed by atoms with E-state index in [4.69, 9.17) is 0 Å². The number of fused-ring (bicyclic) bond motifs is 2. The summed E-state index contributed by atoms with van der Waals surface area (Å²) in [4.78, 5) is 6.76. The SMILES string of the molecule is CC1=C(C)S(C2=CC=CC2)=C2[C]([Zr][SiH](C)C)=c3sc(C)c([Si](C)(C)C)c3=C12.Cl.Cl. The molecule has 0 amide bonds. The molecule has 0 spiro atoms. The number of thiophene rings is 1. The number of hydrogen-bond donors (Lipinski definition) is 0. The molecule has 1 atom stereocenters. The third-order valence-electron chi connectivity index (χ3n) is 5.61. The topological polar surface area (TPSA) is 0 Å². The molecule has 0 nitrogen and oxygen atoms in total. The predicted molar refractivity (Wildman–Crippen MR) is 144 cm³/mol. The summed E-state index contributed by atoms with van der Waals surface area (Å²) >= 11 is 1.69. The van der Waals surface area contributed by atoms with E-state index >= 15 is 0 Å². The first kappa shape index (κ1) is 26.0. The third kappa shape index (κ3) is 4.24. The first-order chi connectivity index (χ1) is 12.6. The molecule has 29 heavy (non-hydrogen) atoms. The van der Waals surface area contributed by atoms with E-state index in [1.807, 2.05) is 8.15 Å². The summed E-state index contributed by atoms with van der Waals surface area (Å²) in [5.74, 6) is -0.517. The van der Waals surface area contributed by atoms with Gasteiger partial charge in [0.25, 0.3) is 0 Å². The Labute approximate surface area is 208 Å². The zero-order chi connectivity index (χ0) is 19.7. The maximum Gasteiger partial charge on any atom is -0.147 e. The minimum atomic E-state index is -1.37. The van der Waals surface area contributed by atoms with Gasteiger partial charge in [-0.1, -0.05) is 0 Å². The van der Waals surface area contributed by atoms with Crippen molar-refractivity contribution in [3.8, 4) is 0 Å². The number of halogens is 2. The first-order valence-electron chi connectivity index (χ1n) is 9.93. The molecule has 1 aromatic rings. The molecule has 0 N–H and O–H groups in total. The van der Waals surface area contributed by atoms with Gasteiger partial charge in [0, 0.05) is 0 Å². The van der Waals surface area contributed by atoms with Crippen molar-refractivity contribution in [2.24, 2.45) is 0 Å². The average molecular weight is 579 g/mol. The van der Waals surface area contributed by atoms with Crippen LogP contribution >= 0.6 is 46.6 Å². The van der Waals surface area contributed by atoms with Crippen molar-refractivity contribution in [2.75, 3.05) is 0 Å². The van der Waals surface area contributed by atoms with Gasteiger partial charge in [-0.25, -0.2) is 0 Å². The van der Waals surface area contributed by atoms with Gasteiger partial charge in [0.1, 0.15) is 0 Å². The fourth-order valence-electron chi connectivity index (χ4n) is 4.57. The predicted octanol–water partition coefficient (Wildman–Crippen LogP) is 5.38. The van der Waals surface area contributed by atoms with Crippen LogP contribution in [-0.4, -0.2) is 18.9 Å². The molecule has 1 aliphatic heterocycles. The van der Waals surface area contributed by atoms with Crippen LogP contribution in [-0.2, 0) is 22.4 Å². The largest absolute Gasteiger partial charge is 0.147 e. The molecule has 2 heterocycles. The van der Waals surface area contributed by atoms with Crippen molar-refractivity contribution in [2.45, 2.75) is 59.9 Å². The van der Waals surface area contributed by atoms with Gasteiger partial charge >= 0.3 is 185 Å². The first-order valence-corrected chi connectivity index (χ1v) is 23.8. The second kappa shape index (κ2) is 9.33. The van der Waals surface area contributed by atoms with Crippen LogP contribution in [0.5, 0.6) is 0 Å². The van der Waals surface area contributed by atoms with Gasteiger partial charge in [-0.05, 0) is 0 Å². The zero-order valence-electron chi connectivity index (χ0n) is 18.6. The van der Waals surface area contributed by atoms with E-state index in [0.717, 1.165) is 6.42 Å². The number of allylic oxidation sites excluding steroid dienone is 6. The van der Waals surface area contributed by atoms with Gasteiger partial charge in [-0.2, -0.15) is 0 Å². The van der Waals surface area contributed by atoms with Gasteiger partial charge in [-0.3, -0.25) is 0 Å². The standard InChI is InChI=1S/C20H23S2Si.C2H7Si.2ClH.Zr/c1-12-14(3)22(15-9-7-8-10-15)17-11-16-19(18(12)17)20(13(2)21-16)23(4,5)6;1-3-2;;;/h7-9H,10H2,1-6H3;3H,1-2H3;2*1H;. The van der Waals surface area contributed by atoms with Gasteiger partial charge in [-0.15, -0.1) is 24.8 Å². The van der Waals surface area contributed by atoms with Crippen LogP contribution in [0, 0.1) is 6.92 Å². The van der Waals surface area contributed by atoms with E-state index in [0.29, 0.717) is 0 Å². The Morgan fingerprint density at radius 1 is 1.10 bits per heavy atom. The molecule has 158 valence electrons. The van der Waals surface area contributed by atoms with Crippen molar-refractivity contribution in [3.05, 3.63) is 48.2 Å². The van der Waals surface area contributed by atoms with E-state index in [9.17, 15) is 0 Å². The van der Waals surface area contributed by atoms with Gasteiger partial charge in [0.15, 0.2) is 0 Å². The van der Waals surface area contributed by atoms with Gasteiger partial charge < -0.3 is 0 Å². The van der Waals surface area contributed by atoms with Crippen molar-refractivity contribution >= 4 is 79.5 Å². The van der Waals surface area contributed by atoms with E-state index in [1.54, 1.807) is 40.8 Å². The maximum absolute atomic E-state index is 2.59. The summed E-state index contributed by atoms with van der Waals surface area (Å²) in [6.07, 6.45) is 8.21.